The average molecular weight is 581 g/mol. The van der Waals surface area contributed by atoms with Crippen LogP contribution in [0.3, 0.4) is 0 Å². The maximum Gasteiger partial charge on any atom is 0.323 e. The molecule has 43 heavy (non-hydrogen) atoms. The van der Waals surface area contributed by atoms with Gasteiger partial charge in [0.2, 0.25) is 5.95 Å². The zero-order chi connectivity index (χ0) is 30.2. The van der Waals surface area contributed by atoms with Crippen LogP contribution >= 0.6 is 0 Å². The van der Waals surface area contributed by atoms with Crippen LogP contribution in [0.25, 0.3) is 22.8 Å². The van der Waals surface area contributed by atoms with Crippen LogP contribution in [0.2, 0.25) is 0 Å². The maximum absolute atomic E-state index is 12.7. The molecule has 1 aliphatic heterocycles. The number of anilines is 3. The molecule has 11 heteroatoms. The molecular weight excluding hydrogens is 544 g/mol. The summed E-state index contributed by atoms with van der Waals surface area (Å²) in [4.78, 5) is 43.6. The molecule has 222 valence electrons. The molecule has 1 fully saturated rings. The summed E-state index contributed by atoms with van der Waals surface area (Å²) < 4.78 is 5.51. The molecule has 3 amide bonds. The first-order valence-electron chi connectivity index (χ1n) is 14.2. The van der Waals surface area contributed by atoms with Gasteiger partial charge in [-0.15, -0.1) is 0 Å². The molecule has 3 N–H and O–H groups in total. The van der Waals surface area contributed by atoms with Gasteiger partial charge in [-0.2, -0.15) is 9.97 Å². The third-order valence-electron chi connectivity index (χ3n) is 6.86. The summed E-state index contributed by atoms with van der Waals surface area (Å²) >= 11 is 0. The van der Waals surface area contributed by atoms with Gasteiger partial charge < -0.3 is 30.5 Å². The lowest BCUT2D eigenvalue weighted by Crippen LogP contribution is -2.37. The summed E-state index contributed by atoms with van der Waals surface area (Å²) in [6.45, 7) is 5.97. The summed E-state index contributed by atoms with van der Waals surface area (Å²) in [5, 5.41) is 8.51. The standard InChI is InChI=1S/C32H36N8O3/c1-22-7-9-23(10-8-22)28-36-29(38-31(37-28)40-17-19-43-20-18-40)24-11-13-26(14-12-24)34-32(42)35-27-6-4-5-25(21-27)30(41)33-15-16-39(2)3/h4-14,21H,15-20H2,1-3H3,(H,33,41)(H2,34,35,42). The Hall–Kier alpha value is -4.87. The van der Waals surface area contributed by atoms with Crippen molar-refractivity contribution in [2.45, 2.75) is 6.92 Å². The molecule has 4 aromatic rings. The molecule has 1 aromatic heterocycles. The lowest BCUT2D eigenvalue weighted by molar-refractivity contribution is 0.0951. The number of morpholine rings is 1. The molecule has 1 aliphatic rings. The van der Waals surface area contributed by atoms with Gasteiger partial charge >= 0.3 is 6.03 Å². The Balaban J connectivity index is 1.28. The quantitative estimate of drug-likeness (QED) is 0.268. The van der Waals surface area contributed by atoms with E-state index in [0.29, 0.717) is 67.4 Å². The highest BCUT2D eigenvalue weighted by molar-refractivity contribution is 6.01. The van der Waals surface area contributed by atoms with E-state index in [1.54, 1.807) is 36.4 Å². The third kappa shape index (κ3) is 8.12. The molecule has 11 nitrogen and oxygen atoms in total. The van der Waals surface area contributed by atoms with Crippen LogP contribution < -0.4 is 20.9 Å². The van der Waals surface area contributed by atoms with Crippen LogP contribution in [0.5, 0.6) is 0 Å². The minimum Gasteiger partial charge on any atom is -0.378 e. The van der Waals surface area contributed by atoms with Crippen molar-refractivity contribution in [1.29, 1.82) is 0 Å². The Bertz CT molecular complexity index is 1550. The number of hydrogen-bond acceptors (Lipinski definition) is 8. The largest absolute Gasteiger partial charge is 0.378 e. The minimum absolute atomic E-state index is 0.192. The number of ether oxygens (including phenoxy) is 1. The second-order valence-electron chi connectivity index (χ2n) is 10.5. The number of nitrogens with zero attached hydrogens (tertiary/aromatic N) is 5. The van der Waals surface area contributed by atoms with Gasteiger partial charge in [0, 0.05) is 54.2 Å². The van der Waals surface area contributed by atoms with Crippen LogP contribution in [0.15, 0.2) is 72.8 Å². The molecule has 0 unspecified atom stereocenters. The highest BCUT2D eigenvalue weighted by Gasteiger charge is 2.18. The van der Waals surface area contributed by atoms with Gasteiger partial charge in [0.25, 0.3) is 5.91 Å². The van der Waals surface area contributed by atoms with Crippen molar-refractivity contribution in [2.75, 3.05) is 69.0 Å². The Morgan fingerprint density at radius 3 is 2.12 bits per heavy atom. The molecule has 0 atom stereocenters. The van der Waals surface area contributed by atoms with E-state index >= 15 is 0 Å². The first kappa shape index (κ1) is 29.6. The highest BCUT2D eigenvalue weighted by atomic mass is 16.5. The number of aryl methyl sites for hydroxylation is 1. The van der Waals surface area contributed by atoms with Crippen LogP contribution in [0.4, 0.5) is 22.1 Å². The molecule has 3 aromatic carbocycles. The van der Waals surface area contributed by atoms with Gasteiger partial charge in [0.1, 0.15) is 0 Å². The molecule has 0 bridgehead atoms. The number of hydrogen-bond donors (Lipinski definition) is 3. The topological polar surface area (TPSA) is 125 Å². The number of carbonyl (C=O) groups is 2. The Labute approximate surface area is 251 Å². The highest BCUT2D eigenvalue weighted by Crippen LogP contribution is 2.25. The summed E-state index contributed by atoms with van der Waals surface area (Å²) in [5.41, 5.74) is 4.45. The van der Waals surface area contributed by atoms with E-state index in [4.69, 9.17) is 19.7 Å². The van der Waals surface area contributed by atoms with E-state index < -0.39 is 6.03 Å². The molecule has 0 aliphatic carbocycles. The maximum atomic E-state index is 12.7. The smallest absolute Gasteiger partial charge is 0.323 e. The summed E-state index contributed by atoms with van der Waals surface area (Å²) in [6.07, 6.45) is 0. The predicted octanol–water partition coefficient (Wildman–Crippen LogP) is 4.29. The lowest BCUT2D eigenvalue weighted by atomic mass is 10.1. The Morgan fingerprint density at radius 2 is 1.47 bits per heavy atom. The molecule has 1 saturated heterocycles. The SMILES string of the molecule is Cc1ccc(-c2nc(-c3ccc(NC(=O)Nc4cccc(C(=O)NCCN(C)C)c4)cc3)nc(N3CCOCC3)n2)cc1. The Morgan fingerprint density at radius 1 is 0.837 bits per heavy atom. The van der Waals surface area contributed by atoms with Gasteiger partial charge in [-0.25, -0.2) is 9.78 Å². The van der Waals surface area contributed by atoms with E-state index in [0.717, 1.165) is 23.2 Å². The number of likely N-dealkylation sites (N-methyl/N-ethyl adjacent to an activating group) is 1. The molecular formula is C32H36N8O3. The minimum atomic E-state index is -0.422. The predicted molar refractivity (Wildman–Crippen MR) is 168 cm³/mol. The van der Waals surface area contributed by atoms with Crippen molar-refractivity contribution >= 4 is 29.3 Å². The number of benzene rings is 3. The van der Waals surface area contributed by atoms with E-state index in [1.807, 2.05) is 62.3 Å². The number of amides is 3. The van der Waals surface area contributed by atoms with E-state index in [2.05, 4.69) is 20.9 Å². The average Bonchev–Trinajstić information content (AvgIpc) is 3.02. The van der Waals surface area contributed by atoms with Crippen molar-refractivity contribution in [3.63, 3.8) is 0 Å². The monoisotopic (exact) mass is 580 g/mol. The van der Waals surface area contributed by atoms with Gasteiger partial charge in [-0.1, -0.05) is 35.9 Å². The normalized spacial score (nSPS) is 13.1. The van der Waals surface area contributed by atoms with Gasteiger partial charge in [-0.05, 0) is 63.5 Å². The summed E-state index contributed by atoms with van der Waals surface area (Å²) in [5.74, 6) is 1.56. The molecule has 0 spiro atoms. The number of aromatic nitrogens is 3. The molecule has 0 radical (unpaired) electrons. The molecule has 0 saturated carbocycles. The van der Waals surface area contributed by atoms with Gasteiger partial charge in [-0.3, -0.25) is 4.79 Å². The zero-order valence-corrected chi connectivity index (χ0v) is 24.6. The van der Waals surface area contributed by atoms with Crippen LogP contribution in [0.1, 0.15) is 15.9 Å². The van der Waals surface area contributed by atoms with Crippen molar-refractivity contribution in [1.82, 2.24) is 25.2 Å². The first-order chi connectivity index (χ1) is 20.8. The van der Waals surface area contributed by atoms with Crippen molar-refractivity contribution in [2.24, 2.45) is 0 Å². The van der Waals surface area contributed by atoms with E-state index in [1.165, 1.54) is 0 Å². The molecule has 2 heterocycles. The van der Waals surface area contributed by atoms with Crippen LogP contribution in [-0.4, -0.2) is 85.3 Å². The van der Waals surface area contributed by atoms with Gasteiger partial charge in [0.05, 0.1) is 13.2 Å². The number of nitrogens with one attached hydrogen (secondary N) is 3. The van der Waals surface area contributed by atoms with Crippen LogP contribution in [0, 0.1) is 6.92 Å². The zero-order valence-electron chi connectivity index (χ0n) is 24.6. The summed E-state index contributed by atoms with van der Waals surface area (Å²) in [7, 11) is 3.89. The van der Waals surface area contributed by atoms with E-state index in [9.17, 15) is 9.59 Å². The fraction of sp³-hybridized carbons (Fsp3) is 0.281. The van der Waals surface area contributed by atoms with Crippen molar-refractivity contribution in [3.05, 3.63) is 83.9 Å². The fourth-order valence-electron chi connectivity index (χ4n) is 4.46. The number of carbonyl (C=O) groups excluding carboxylic acids is 2. The van der Waals surface area contributed by atoms with Gasteiger partial charge in [0.15, 0.2) is 11.6 Å². The van der Waals surface area contributed by atoms with Crippen molar-refractivity contribution < 1.29 is 14.3 Å². The van der Waals surface area contributed by atoms with Crippen LogP contribution in [-0.2, 0) is 4.74 Å². The Kier molecular flexibility index (Phi) is 9.55. The fourth-order valence-corrected chi connectivity index (χ4v) is 4.46. The lowest BCUT2D eigenvalue weighted by Gasteiger charge is -2.27. The first-order valence-corrected chi connectivity index (χ1v) is 14.2. The van der Waals surface area contributed by atoms with E-state index in [-0.39, 0.29) is 5.91 Å². The number of rotatable bonds is 9. The third-order valence-corrected chi connectivity index (χ3v) is 6.86. The second kappa shape index (κ2) is 13.9. The summed E-state index contributed by atoms with van der Waals surface area (Å²) in [6, 6.07) is 21.8. The molecule has 5 rings (SSSR count). The van der Waals surface area contributed by atoms with Crippen molar-refractivity contribution in [3.8, 4) is 22.8 Å². The second-order valence-corrected chi connectivity index (χ2v) is 10.5. The number of urea groups is 1.